The van der Waals surface area contributed by atoms with E-state index in [4.69, 9.17) is 47.9 Å². The van der Waals surface area contributed by atoms with Gasteiger partial charge in [0.1, 0.15) is 58.6 Å². The van der Waals surface area contributed by atoms with Crippen LogP contribution in [-0.4, -0.2) is 72.7 Å². The largest absolute Gasteiger partial charge is 0.490 e. The van der Waals surface area contributed by atoms with Crippen LogP contribution in [0.25, 0.3) is 21.7 Å². The normalized spacial score (nSPS) is 12.8. The van der Waals surface area contributed by atoms with Gasteiger partial charge in [0, 0.05) is 46.9 Å². The van der Waals surface area contributed by atoms with Gasteiger partial charge in [-0.2, -0.15) is 10.5 Å². The quantitative estimate of drug-likeness (QED) is 0.0269. The number of carbonyl (C=O) groups is 2. The summed E-state index contributed by atoms with van der Waals surface area (Å²) < 4.78 is 11.1. The molecule has 0 bridgehead atoms. The SMILES string of the molecule is C[C@H](NC(=O)[C@@H](N)CCCNC(=N)N)C(=O)OCCOc1ccc(-c2c(C#N)c(SCc3csc(-c4ccc(Cl)cc4)n3)nc(N3CCCC3)c2C#N)cc1.Cl.Cl. The molecule has 2 aromatic heterocycles. The molecule has 2 aromatic carbocycles. The van der Waals surface area contributed by atoms with Crippen molar-refractivity contribution in [3.63, 3.8) is 0 Å². The van der Waals surface area contributed by atoms with Gasteiger partial charge in [-0.25, -0.2) is 14.8 Å². The second-order valence-corrected chi connectivity index (χ2v) is 14.8. The molecule has 302 valence electrons. The third kappa shape index (κ3) is 12.8. The number of anilines is 1. The van der Waals surface area contributed by atoms with Gasteiger partial charge in [-0.05, 0) is 62.4 Å². The molecule has 57 heavy (non-hydrogen) atoms. The molecule has 0 spiro atoms. The maximum absolute atomic E-state index is 12.5. The smallest absolute Gasteiger partial charge is 0.328 e. The highest BCUT2D eigenvalue weighted by molar-refractivity contribution is 7.98. The number of halogens is 3. The Morgan fingerprint density at radius 1 is 1.04 bits per heavy atom. The van der Waals surface area contributed by atoms with Crippen LogP contribution < -0.4 is 31.7 Å². The minimum atomic E-state index is -0.918. The van der Waals surface area contributed by atoms with E-state index in [-0.39, 0.29) is 44.0 Å². The number of nitrogens with zero attached hydrogens (tertiary/aromatic N) is 5. The van der Waals surface area contributed by atoms with E-state index in [1.807, 2.05) is 29.6 Å². The standard InChI is InChI=1S/C38H41ClN10O4S2.2ClH/c1-23(46-34(50)31(42)5-4-14-45-38(43)44)37(51)53-18-17-52-28-12-8-24(9-13-28)32-29(19-40)33(49-15-2-3-16-49)48-36(30(32)20-41)55-22-27-21-54-35(47-27)25-6-10-26(39)11-7-25;;/h6-13,21,23,31H,2-5,14-18,22,42H2,1H3,(H,46,50)(H4,43,44,45);2*1H/t23-,31-;;/m0../s1. The summed E-state index contributed by atoms with van der Waals surface area (Å²) in [5.41, 5.74) is 14.8. The van der Waals surface area contributed by atoms with E-state index in [1.165, 1.54) is 30.0 Å². The third-order valence-corrected chi connectivity index (χ3v) is 10.8. The average molecular weight is 874 g/mol. The molecule has 4 aromatic rings. The van der Waals surface area contributed by atoms with Crippen molar-refractivity contribution in [2.75, 3.05) is 37.7 Å². The van der Waals surface area contributed by atoms with Crippen molar-refractivity contribution in [2.45, 2.75) is 55.5 Å². The van der Waals surface area contributed by atoms with E-state index < -0.39 is 24.0 Å². The monoisotopic (exact) mass is 872 g/mol. The Kier molecular flexibility index (Phi) is 18.6. The Morgan fingerprint density at radius 3 is 2.35 bits per heavy atom. The van der Waals surface area contributed by atoms with Crippen LogP contribution in [0, 0.1) is 28.1 Å². The molecule has 1 saturated heterocycles. The molecule has 1 amide bonds. The number of aromatic nitrogens is 2. The van der Waals surface area contributed by atoms with Crippen molar-refractivity contribution >= 4 is 83.2 Å². The number of rotatable bonds is 17. The second kappa shape index (κ2) is 22.8. The minimum Gasteiger partial charge on any atom is -0.490 e. The molecule has 2 atom stereocenters. The van der Waals surface area contributed by atoms with Crippen molar-refractivity contribution < 1.29 is 19.1 Å². The fourth-order valence-corrected chi connectivity index (χ4v) is 7.69. The molecule has 1 aliphatic rings. The number of amides is 1. The Labute approximate surface area is 357 Å². The Morgan fingerprint density at radius 2 is 1.70 bits per heavy atom. The first-order valence-corrected chi connectivity index (χ1v) is 19.8. The number of nitriles is 2. The summed E-state index contributed by atoms with van der Waals surface area (Å²) in [5.74, 6) is 0.252. The molecular weight excluding hydrogens is 831 g/mol. The summed E-state index contributed by atoms with van der Waals surface area (Å²) in [5, 5.41) is 37.3. The first kappa shape index (κ1) is 46.6. The van der Waals surface area contributed by atoms with Gasteiger partial charge in [0.05, 0.1) is 17.3 Å². The predicted molar refractivity (Wildman–Crippen MR) is 228 cm³/mol. The van der Waals surface area contributed by atoms with Gasteiger partial charge in [-0.3, -0.25) is 10.2 Å². The average Bonchev–Trinajstić information content (AvgIpc) is 3.90. The van der Waals surface area contributed by atoms with Crippen LogP contribution in [0.2, 0.25) is 5.02 Å². The highest BCUT2D eigenvalue weighted by Crippen LogP contribution is 2.40. The summed E-state index contributed by atoms with van der Waals surface area (Å²) in [7, 11) is 0. The number of hydrogen-bond acceptors (Lipinski definition) is 13. The van der Waals surface area contributed by atoms with Gasteiger partial charge in [0.15, 0.2) is 5.96 Å². The molecular formula is C38H43Cl3N10O4S2. The van der Waals surface area contributed by atoms with Crippen molar-refractivity contribution in [1.82, 2.24) is 20.6 Å². The molecule has 0 unspecified atom stereocenters. The lowest BCUT2D eigenvalue weighted by molar-refractivity contribution is -0.148. The zero-order valence-electron chi connectivity index (χ0n) is 31.0. The molecule has 0 radical (unpaired) electrons. The van der Waals surface area contributed by atoms with Crippen LogP contribution in [0.3, 0.4) is 0 Å². The summed E-state index contributed by atoms with van der Waals surface area (Å²) in [6.45, 7) is 3.43. The highest BCUT2D eigenvalue weighted by Gasteiger charge is 2.27. The number of nitrogens with one attached hydrogen (secondary N) is 3. The zero-order chi connectivity index (χ0) is 39.3. The number of nitrogens with two attached hydrogens (primary N) is 2. The molecule has 1 fully saturated rings. The van der Waals surface area contributed by atoms with Crippen LogP contribution in [0.5, 0.6) is 5.75 Å². The number of thioether (sulfide) groups is 1. The lowest BCUT2D eigenvalue weighted by Crippen LogP contribution is -2.48. The zero-order valence-corrected chi connectivity index (χ0v) is 35.0. The van der Waals surface area contributed by atoms with Crippen LogP contribution in [0.15, 0.2) is 58.9 Å². The predicted octanol–water partition coefficient (Wildman–Crippen LogP) is 6.02. The first-order chi connectivity index (χ1) is 26.6. The minimum absolute atomic E-state index is 0. The molecule has 5 rings (SSSR count). The van der Waals surface area contributed by atoms with Gasteiger partial charge < -0.3 is 36.5 Å². The van der Waals surface area contributed by atoms with Gasteiger partial charge in [-0.15, -0.1) is 36.2 Å². The molecule has 19 heteroatoms. The fraction of sp³-hybridized carbons (Fsp3) is 0.342. The number of esters is 1. The highest BCUT2D eigenvalue weighted by atomic mass is 35.5. The third-order valence-electron chi connectivity index (χ3n) is 8.57. The Bertz CT molecular complexity index is 2070. The summed E-state index contributed by atoms with van der Waals surface area (Å²) in [6, 6.07) is 17.5. The number of pyridine rings is 1. The maximum atomic E-state index is 12.5. The van der Waals surface area contributed by atoms with Gasteiger partial charge in [0.2, 0.25) is 5.91 Å². The summed E-state index contributed by atoms with van der Waals surface area (Å²) >= 11 is 9.00. The van der Waals surface area contributed by atoms with Crippen molar-refractivity contribution in [2.24, 2.45) is 11.5 Å². The maximum Gasteiger partial charge on any atom is 0.328 e. The van der Waals surface area contributed by atoms with Crippen molar-refractivity contribution in [1.29, 1.82) is 15.9 Å². The molecule has 0 saturated carbocycles. The van der Waals surface area contributed by atoms with Crippen molar-refractivity contribution in [3.05, 3.63) is 75.8 Å². The molecule has 0 aliphatic carbocycles. The lowest BCUT2D eigenvalue weighted by atomic mass is 9.96. The number of carbonyl (C=O) groups excluding carboxylic acids is 2. The molecule has 3 heterocycles. The molecule has 7 N–H and O–H groups in total. The van der Waals surface area contributed by atoms with E-state index in [9.17, 15) is 20.1 Å². The number of hydrogen-bond donors (Lipinski definition) is 5. The van der Waals surface area contributed by atoms with Crippen LogP contribution in [0.1, 0.15) is 49.4 Å². The summed E-state index contributed by atoms with van der Waals surface area (Å²) in [4.78, 5) is 36.6. The van der Waals surface area contributed by atoms with E-state index in [0.717, 1.165) is 42.2 Å². The topological polar surface area (TPSA) is 229 Å². The number of benzene rings is 2. The van der Waals surface area contributed by atoms with Crippen LogP contribution in [-0.2, 0) is 20.1 Å². The summed E-state index contributed by atoms with van der Waals surface area (Å²) in [6.07, 6.45) is 2.84. The second-order valence-electron chi connectivity index (χ2n) is 12.6. The van der Waals surface area contributed by atoms with E-state index in [1.54, 1.807) is 24.3 Å². The van der Waals surface area contributed by atoms with E-state index in [2.05, 4.69) is 27.7 Å². The number of ether oxygens (including phenoxy) is 2. The molecule has 1 aliphatic heterocycles. The Hall–Kier alpha value is -4.81. The number of guanidine groups is 1. The number of thiazole rings is 1. The fourth-order valence-electron chi connectivity index (χ4n) is 5.75. The van der Waals surface area contributed by atoms with E-state index >= 15 is 0 Å². The van der Waals surface area contributed by atoms with Gasteiger partial charge >= 0.3 is 5.97 Å². The van der Waals surface area contributed by atoms with Crippen LogP contribution in [0.4, 0.5) is 5.82 Å². The molecule has 14 nitrogen and oxygen atoms in total. The first-order valence-electron chi connectivity index (χ1n) is 17.6. The van der Waals surface area contributed by atoms with Crippen molar-refractivity contribution in [3.8, 4) is 39.6 Å². The van der Waals surface area contributed by atoms with Crippen LogP contribution >= 0.6 is 59.5 Å². The van der Waals surface area contributed by atoms with Gasteiger partial charge in [0.25, 0.3) is 0 Å². The van der Waals surface area contributed by atoms with E-state index in [0.29, 0.717) is 69.0 Å². The Balaban J connectivity index is 0.00000435. The van der Waals surface area contributed by atoms with Gasteiger partial charge in [-0.1, -0.05) is 47.6 Å². The lowest BCUT2D eigenvalue weighted by Gasteiger charge is -2.22.